The molecule has 0 aliphatic carbocycles. The molecule has 0 amide bonds. The molecule has 0 spiro atoms. The number of nitrogens with one attached hydrogen (secondary N) is 1. The van der Waals surface area contributed by atoms with Crippen LogP contribution in [0.25, 0.3) is 0 Å². The first kappa shape index (κ1) is 63.1. The van der Waals surface area contributed by atoms with Crippen LogP contribution in [0.15, 0.2) is 12.2 Å². The lowest BCUT2D eigenvalue weighted by Crippen LogP contribution is -2.32. The average Bonchev–Trinajstić information content (AvgIpc) is 3.14. The fraction of sp³-hybridized carbons (Fsp3) is 0.920. The molecule has 5 nitrogen and oxygen atoms in total. The third-order valence-corrected chi connectivity index (χ3v) is 11.3. The van der Waals surface area contributed by atoms with Crippen LogP contribution in [0.3, 0.4) is 0 Å². The summed E-state index contributed by atoms with van der Waals surface area (Å²) in [5.74, 6) is 1.78. The van der Waals surface area contributed by atoms with Gasteiger partial charge in [-0.15, -0.1) is 0 Å². The molecule has 0 aliphatic heterocycles. The number of hydrogen-bond acceptors (Lipinski definition) is 5. The lowest BCUT2D eigenvalue weighted by atomic mass is 9.81. The van der Waals surface area contributed by atoms with Gasteiger partial charge in [-0.2, -0.15) is 0 Å². The Kier molecular flexibility index (Phi) is 56.4. The van der Waals surface area contributed by atoms with E-state index in [1.807, 2.05) is 12.9 Å². The molecular weight excluding hydrogens is 677 g/mol. The van der Waals surface area contributed by atoms with E-state index in [0.29, 0.717) is 18.2 Å². The van der Waals surface area contributed by atoms with Gasteiger partial charge >= 0.3 is 0 Å². The molecule has 1 atom stereocenters. The molecule has 2 N–H and O–H groups in total. The van der Waals surface area contributed by atoms with Crippen molar-refractivity contribution in [2.75, 3.05) is 26.2 Å². The van der Waals surface area contributed by atoms with Crippen LogP contribution in [-0.4, -0.2) is 48.9 Å². The number of unbranched alkanes of at least 4 members (excludes halogenated alkanes) is 20. The second-order valence-electron chi connectivity index (χ2n) is 16.9. The highest BCUT2D eigenvalue weighted by Gasteiger charge is 2.25. The standard InChI is InChI=1S/C46H92N2O2.CH2O.3CH4.H2/c1-7-10-13-16-19-27-34-44(35-28-20-17-14-11-8-2)36-37-45(49)46(5,6)38-29-22-24-31-41-48(42-39-47-50)40-30-23-21-26-33-43(4)32-25-18-15-12-9-3;1-2;;;;/h36-37,43-44,47,50H,7-35,38-42H2,1-6H3;1H2;3*1H4;1H/b37-36-;;;;;. The van der Waals surface area contributed by atoms with Crippen molar-refractivity contribution < 1.29 is 16.2 Å². The van der Waals surface area contributed by atoms with E-state index in [0.717, 1.165) is 38.4 Å². The molecule has 0 bridgehead atoms. The molecule has 336 valence electrons. The van der Waals surface area contributed by atoms with E-state index in [1.54, 1.807) is 0 Å². The van der Waals surface area contributed by atoms with Gasteiger partial charge < -0.3 is 14.9 Å². The third-order valence-electron chi connectivity index (χ3n) is 11.3. The Bertz CT molecular complexity index is 747. The van der Waals surface area contributed by atoms with Crippen molar-refractivity contribution in [2.24, 2.45) is 17.3 Å². The molecule has 0 saturated heterocycles. The number of ketones is 1. The van der Waals surface area contributed by atoms with Crippen LogP contribution >= 0.6 is 0 Å². The molecule has 5 heteroatoms. The van der Waals surface area contributed by atoms with E-state index in [9.17, 15) is 10.0 Å². The van der Waals surface area contributed by atoms with Gasteiger partial charge in [0, 0.05) is 19.9 Å². The summed E-state index contributed by atoms with van der Waals surface area (Å²) in [7, 11) is 0. The van der Waals surface area contributed by atoms with Crippen LogP contribution in [0, 0.1) is 17.3 Å². The zero-order chi connectivity index (χ0) is 39.0. The lowest BCUT2D eigenvalue weighted by Gasteiger charge is -2.23. The molecular formula is C50H108N2O3. The molecule has 0 saturated carbocycles. The Hall–Kier alpha value is -1.04. The molecule has 0 aromatic carbocycles. The van der Waals surface area contributed by atoms with Crippen molar-refractivity contribution >= 4 is 12.6 Å². The van der Waals surface area contributed by atoms with Gasteiger partial charge in [0.05, 0.1) is 0 Å². The second-order valence-corrected chi connectivity index (χ2v) is 16.9. The van der Waals surface area contributed by atoms with E-state index in [-0.39, 0.29) is 29.1 Å². The Labute approximate surface area is 350 Å². The Balaban J connectivity index is -0.00000102. The number of hydroxylamine groups is 1. The minimum atomic E-state index is -0.271. The van der Waals surface area contributed by atoms with Gasteiger partial charge in [-0.3, -0.25) is 4.79 Å². The maximum atomic E-state index is 13.3. The van der Waals surface area contributed by atoms with Gasteiger partial charge in [-0.1, -0.05) is 230 Å². The Morgan fingerprint density at radius 1 is 0.600 bits per heavy atom. The van der Waals surface area contributed by atoms with E-state index in [4.69, 9.17) is 4.79 Å². The van der Waals surface area contributed by atoms with Crippen LogP contribution in [0.5, 0.6) is 0 Å². The van der Waals surface area contributed by atoms with Gasteiger partial charge in [0.25, 0.3) is 0 Å². The zero-order valence-corrected chi connectivity index (χ0v) is 36.3. The van der Waals surface area contributed by atoms with Crippen molar-refractivity contribution in [1.82, 2.24) is 10.4 Å². The van der Waals surface area contributed by atoms with Crippen LogP contribution < -0.4 is 5.48 Å². The minimum absolute atomic E-state index is 0. The number of allylic oxidation sites excluding steroid dienone is 2. The monoisotopic (exact) mass is 785 g/mol. The van der Waals surface area contributed by atoms with Gasteiger partial charge in [0.15, 0.2) is 5.78 Å². The fourth-order valence-corrected chi connectivity index (χ4v) is 7.50. The first-order valence-corrected chi connectivity index (χ1v) is 22.9. The highest BCUT2D eigenvalue weighted by Crippen LogP contribution is 2.27. The van der Waals surface area contributed by atoms with Crippen LogP contribution in [0.2, 0.25) is 0 Å². The number of carbonyl (C=O) groups excluding carboxylic acids is 2. The summed E-state index contributed by atoms with van der Waals surface area (Å²) in [6, 6.07) is 0. The van der Waals surface area contributed by atoms with Crippen molar-refractivity contribution in [1.29, 1.82) is 0 Å². The molecule has 0 fully saturated rings. The quantitative estimate of drug-likeness (QED) is 0.0368. The van der Waals surface area contributed by atoms with E-state index in [1.165, 1.54) is 180 Å². The lowest BCUT2D eigenvalue weighted by molar-refractivity contribution is -0.122. The van der Waals surface area contributed by atoms with Crippen molar-refractivity contribution in [2.45, 2.75) is 256 Å². The molecule has 0 aromatic rings. The van der Waals surface area contributed by atoms with E-state index >= 15 is 0 Å². The first-order chi connectivity index (χ1) is 25.3. The summed E-state index contributed by atoms with van der Waals surface area (Å²) in [5, 5.41) is 9.18. The summed E-state index contributed by atoms with van der Waals surface area (Å²) in [4.78, 5) is 23.9. The number of rotatable bonds is 40. The highest BCUT2D eigenvalue weighted by atomic mass is 16.5. The number of nitrogens with zero attached hydrogens (tertiary/aromatic N) is 1. The number of hydrogen-bond donors (Lipinski definition) is 2. The first-order valence-electron chi connectivity index (χ1n) is 22.9. The summed E-state index contributed by atoms with van der Waals surface area (Å²) in [5.41, 5.74) is 2.09. The smallest absolute Gasteiger partial charge is 0.160 e. The predicted octanol–water partition coefficient (Wildman–Crippen LogP) is 16.4. The topological polar surface area (TPSA) is 69.6 Å². The van der Waals surface area contributed by atoms with Gasteiger partial charge in [-0.05, 0) is 63.1 Å². The molecule has 55 heavy (non-hydrogen) atoms. The normalized spacial score (nSPS) is 11.9. The zero-order valence-electron chi connectivity index (χ0n) is 36.3. The second kappa shape index (κ2) is 49.1. The van der Waals surface area contributed by atoms with Crippen molar-refractivity contribution in [3.8, 4) is 0 Å². The molecule has 0 rings (SSSR count). The third kappa shape index (κ3) is 43.9. The van der Waals surface area contributed by atoms with Crippen molar-refractivity contribution in [3.05, 3.63) is 12.2 Å². The molecule has 0 aromatic heterocycles. The number of carbonyl (C=O) groups is 2. The minimum Gasteiger partial charge on any atom is -0.317 e. The molecule has 0 radical (unpaired) electrons. The summed E-state index contributed by atoms with van der Waals surface area (Å²) < 4.78 is 0. The van der Waals surface area contributed by atoms with Gasteiger partial charge in [-0.25, -0.2) is 5.48 Å². The summed E-state index contributed by atoms with van der Waals surface area (Å²) >= 11 is 0. The Morgan fingerprint density at radius 3 is 1.38 bits per heavy atom. The molecule has 1 unspecified atom stereocenters. The predicted molar refractivity (Wildman–Crippen MR) is 252 cm³/mol. The van der Waals surface area contributed by atoms with E-state index < -0.39 is 0 Å². The molecule has 0 aliphatic rings. The summed E-state index contributed by atoms with van der Waals surface area (Å²) in [6.07, 6.45) is 43.7. The maximum Gasteiger partial charge on any atom is 0.160 e. The molecule has 0 heterocycles. The van der Waals surface area contributed by atoms with Crippen LogP contribution in [0.4, 0.5) is 0 Å². The largest absolute Gasteiger partial charge is 0.317 e. The highest BCUT2D eigenvalue weighted by molar-refractivity contribution is 5.94. The Morgan fingerprint density at radius 2 is 0.964 bits per heavy atom. The van der Waals surface area contributed by atoms with Crippen LogP contribution in [-0.2, 0) is 9.59 Å². The van der Waals surface area contributed by atoms with Crippen molar-refractivity contribution in [3.63, 3.8) is 0 Å². The fourth-order valence-electron chi connectivity index (χ4n) is 7.50. The SMILES string of the molecule is C.C.C.C=O.CCCCCCCCC(/C=C\C(=O)C(C)(C)CCCCCCN(CCCCCCC(C)CCCCCCC)CCNO)CCCCCCCC.[HH]. The summed E-state index contributed by atoms with van der Waals surface area (Å²) in [6.45, 7) is 19.4. The maximum absolute atomic E-state index is 13.3. The van der Waals surface area contributed by atoms with E-state index in [2.05, 4.69) is 58.0 Å². The van der Waals surface area contributed by atoms with Gasteiger partial charge in [0.1, 0.15) is 6.79 Å². The van der Waals surface area contributed by atoms with Crippen LogP contribution in [0.1, 0.15) is 258 Å². The average molecular weight is 785 g/mol. The van der Waals surface area contributed by atoms with Gasteiger partial charge in [0.2, 0.25) is 0 Å².